The first-order chi connectivity index (χ1) is 8.27. The molecule has 0 aromatic carbocycles. The van der Waals surface area contributed by atoms with E-state index in [4.69, 9.17) is 0 Å². The van der Waals surface area contributed by atoms with Crippen molar-refractivity contribution in [3.63, 3.8) is 0 Å². The van der Waals surface area contributed by atoms with Crippen molar-refractivity contribution in [2.75, 3.05) is 0 Å². The number of nitrogens with zero attached hydrogens (tertiary/aromatic N) is 3. The molecular formula is C13H24BrN3. The summed E-state index contributed by atoms with van der Waals surface area (Å²) < 4.78 is 1.97. The van der Waals surface area contributed by atoms with Crippen molar-refractivity contribution in [1.29, 1.82) is 0 Å². The maximum absolute atomic E-state index is 4.18. The Hall–Kier alpha value is -0.380. The van der Waals surface area contributed by atoms with Crippen LogP contribution in [0.25, 0.3) is 0 Å². The number of hydrogen-bond donors (Lipinski definition) is 0. The Labute approximate surface area is 113 Å². The van der Waals surface area contributed by atoms with Gasteiger partial charge in [-0.05, 0) is 12.8 Å². The number of halogens is 1. The topological polar surface area (TPSA) is 30.7 Å². The highest BCUT2D eigenvalue weighted by atomic mass is 79.9. The molecule has 0 aliphatic heterocycles. The van der Waals surface area contributed by atoms with E-state index in [1.165, 1.54) is 38.5 Å². The van der Waals surface area contributed by atoms with Crippen molar-refractivity contribution in [2.45, 2.75) is 70.2 Å². The minimum Gasteiger partial charge on any atom is -0.252 e. The van der Waals surface area contributed by atoms with Crippen molar-refractivity contribution in [3.8, 4) is 0 Å². The zero-order chi connectivity index (χ0) is 12.5. The van der Waals surface area contributed by atoms with Crippen LogP contribution in [0.2, 0.25) is 0 Å². The van der Waals surface area contributed by atoms with E-state index in [0.29, 0.717) is 4.83 Å². The molecule has 1 unspecified atom stereocenters. The molecule has 0 bridgehead atoms. The first-order valence-electron chi connectivity index (χ1n) is 6.82. The molecule has 4 heteroatoms. The van der Waals surface area contributed by atoms with Gasteiger partial charge in [0.05, 0.1) is 10.5 Å². The summed E-state index contributed by atoms with van der Waals surface area (Å²) in [5.74, 6) is 0. The van der Waals surface area contributed by atoms with Gasteiger partial charge in [0, 0.05) is 12.7 Å². The summed E-state index contributed by atoms with van der Waals surface area (Å²) in [6.45, 7) is 5.40. The lowest BCUT2D eigenvalue weighted by Crippen LogP contribution is -1.98. The largest absolute Gasteiger partial charge is 0.252 e. The first-order valence-corrected chi connectivity index (χ1v) is 7.73. The number of rotatable bonds is 9. The molecule has 0 N–H and O–H groups in total. The summed E-state index contributed by atoms with van der Waals surface area (Å²) in [7, 11) is 0. The predicted molar refractivity (Wildman–Crippen MR) is 75.4 cm³/mol. The number of aryl methyl sites for hydroxylation is 1. The molecule has 1 rings (SSSR count). The smallest absolute Gasteiger partial charge is 0.0963 e. The fourth-order valence-corrected chi connectivity index (χ4v) is 2.04. The molecular weight excluding hydrogens is 278 g/mol. The molecule has 17 heavy (non-hydrogen) atoms. The van der Waals surface area contributed by atoms with Gasteiger partial charge in [0.1, 0.15) is 0 Å². The zero-order valence-corrected chi connectivity index (χ0v) is 12.6. The van der Waals surface area contributed by atoms with Crippen molar-refractivity contribution < 1.29 is 0 Å². The van der Waals surface area contributed by atoms with Crippen LogP contribution in [-0.2, 0) is 6.54 Å². The summed E-state index contributed by atoms with van der Waals surface area (Å²) in [4.78, 5) is 0.348. The van der Waals surface area contributed by atoms with Gasteiger partial charge in [-0.3, -0.25) is 4.68 Å². The molecule has 1 aromatic rings. The fourth-order valence-electron chi connectivity index (χ4n) is 1.83. The SMILES string of the molecule is CCCCCCCCn1cc(C(Br)CC)nn1. The van der Waals surface area contributed by atoms with Crippen molar-refractivity contribution in [2.24, 2.45) is 0 Å². The van der Waals surface area contributed by atoms with Gasteiger partial charge in [0.15, 0.2) is 0 Å². The second kappa shape index (κ2) is 8.67. The Kier molecular flexibility index (Phi) is 7.49. The molecule has 1 heterocycles. The van der Waals surface area contributed by atoms with Gasteiger partial charge in [0.2, 0.25) is 0 Å². The lowest BCUT2D eigenvalue weighted by Gasteiger charge is -2.01. The van der Waals surface area contributed by atoms with Crippen LogP contribution in [0.1, 0.15) is 69.3 Å². The summed E-state index contributed by atoms with van der Waals surface area (Å²) in [6, 6.07) is 0. The summed E-state index contributed by atoms with van der Waals surface area (Å²) >= 11 is 3.59. The lowest BCUT2D eigenvalue weighted by molar-refractivity contribution is 0.516. The number of unbranched alkanes of at least 4 members (excludes halogenated alkanes) is 5. The molecule has 0 fully saturated rings. The van der Waals surface area contributed by atoms with Crippen LogP contribution in [0, 0.1) is 0 Å². The maximum atomic E-state index is 4.18. The van der Waals surface area contributed by atoms with E-state index in [9.17, 15) is 0 Å². The maximum Gasteiger partial charge on any atom is 0.0963 e. The van der Waals surface area contributed by atoms with Crippen molar-refractivity contribution >= 4 is 15.9 Å². The van der Waals surface area contributed by atoms with Gasteiger partial charge in [-0.1, -0.05) is 67.1 Å². The third-order valence-electron chi connectivity index (χ3n) is 2.98. The Morgan fingerprint density at radius 2 is 1.88 bits per heavy atom. The fraction of sp³-hybridized carbons (Fsp3) is 0.846. The van der Waals surface area contributed by atoms with E-state index in [-0.39, 0.29) is 0 Å². The normalized spacial score (nSPS) is 12.9. The Morgan fingerprint density at radius 3 is 2.59 bits per heavy atom. The molecule has 3 nitrogen and oxygen atoms in total. The summed E-state index contributed by atoms with van der Waals surface area (Å²) in [5.41, 5.74) is 1.05. The average Bonchev–Trinajstić information content (AvgIpc) is 2.81. The van der Waals surface area contributed by atoms with Gasteiger partial charge >= 0.3 is 0 Å². The molecule has 0 amide bonds. The van der Waals surface area contributed by atoms with E-state index >= 15 is 0 Å². The molecule has 0 radical (unpaired) electrons. The lowest BCUT2D eigenvalue weighted by atomic mass is 10.1. The van der Waals surface area contributed by atoms with Crippen molar-refractivity contribution in [1.82, 2.24) is 15.0 Å². The Morgan fingerprint density at radius 1 is 1.18 bits per heavy atom. The van der Waals surface area contributed by atoms with Gasteiger partial charge in [-0.25, -0.2) is 0 Å². The second-order valence-corrected chi connectivity index (χ2v) is 5.66. The Balaban J connectivity index is 2.16. The number of hydrogen-bond acceptors (Lipinski definition) is 2. The quantitative estimate of drug-likeness (QED) is 0.497. The highest BCUT2D eigenvalue weighted by molar-refractivity contribution is 9.09. The van der Waals surface area contributed by atoms with Crippen LogP contribution in [0.15, 0.2) is 6.20 Å². The number of aromatic nitrogens is 3. The van der Waals surface area contributed by atoms with E-state index in [1.807, 2.05) is 4.68 Å². The second-order valence-electron chi connectivity index (χ2n) is 4.55. The monoisotopic (exact) mass is 301 g/mol. The van der Waals surface area contributed by atoms with E-state index in [2.05, 4.69) is 46.3 Å². The van der Waals surface area contributed by atoms with Crippen LogP contribution < -0.4 is 0 Å². The summed E-state index contributed by atoms with van der Waals surface area (Å²) in [5, 5.41) is 8.34. The van der Waals surface area contributed by atoms with Crippen molar-refractivity contribution in [3.05, 3.63) is 11.9 Å². The molecule has 98 valence electrons. The van der Waals surface area contributed by atoms with Crippen LogP contribution in [0.5, 0.6) is 0 Å². The van der Waals surface area contributed by atoms with Gasteiger partial charge < -0.3 is 0 Å². The van der Waals surface area contributed by atoms with E-state index in [0.717, 1.165) is 18.7 Å². The van der Waals surface area contributed by atoms with Gasteiger partial charge in [-0.2, -0.15) is 0 Å². The molecule has 0 spiro atoms. The van der Waals surface area contributed by atoms with Gasteiger partial charge in [-0.15, -0.1) is 5.10 Å². The highest BCUT2D eigenvalue weighted by Crippen LogP contribution is 2.23. The average molecular weight is 302 g/mol. The van der Waals surface area contributed by atoms with Crippen LogP contribution in [0.3, 0.4) is 0 Å². The molecule has 1 aromatic heterocycles. The standard InChI is InChI=1S/C13H24BrN3/c1-3-5-6-7-8-9-10-17-11-13(15-16-17)12(14)4-2/h11-12H,3-10H2,1-2H3. The van der Waals surface area contributed by atoms with E-state index < -0.39 is 0 Å². The molecule has 1 atom stereocenters. The predicted octanol–water partition coefficient (Wildman–Crippen LogP) is 4.48. The zero-order valence-electron chi connectivity index (χ0n) is 11.0. The van der Waals surface area contributed by atoms with Crippen LogP contribution in [-0.4, -0.2) is 15.0 Å². The summed E-state index contributed by atoms with van der Waals surface area (Å²) in [6.07, 6.45) is 11.0. The third-order valence-corrected chi connectivity index (χ3v) is 4.09. The Bertz CT molecular complexity index is 299. The van der Waals surface area contributed by atoms with Crippen LogP contribution in [0.4, 0.5) is 0 Å². The molecule has 0 saturated carbocycles. The number of alkyl halides is 1. The molecule has 0 saturated heterocycles. The molecule has 0 aliphatic carbocycles. The van der Waals surface area contributed by atoms with Crippen LogP contribution >= 0.6 is 15.9 Å². The molecule has 0 aliphatic rings. The minimum absolute atomic E-state index is 0.348. The van der Waals surface area contributed by atoms with Gasteiger partial charge in [0.25, 0.3) is 0 Å². The first kappa shape index (κ1) is 14.7. The highest BCUT2D eigenvalue weighted by Gasteiger charge is 2.08. The minimum atomic E-state index is 0.348. The third kappa shape index (κ3) is 5.66. The van der Waals surface area contributed by atoms with E-state index in [1.54, 1.807) is 0 Å².